The minimum atomic E-state index is 0.223. The van der Waals surface area contributed by atoms with Crippen LogP contribution in [0.5, 0.6) is 0 Å². The predicted molar refractivity (Wildman–Crippen MR) is 62.2 cm³/mol. The highest BCUT2D eigenvalue weighted by atomic mass is 16.1. The molecule has 1 heterocycles. The van der Waals surface area contributed by atoms with Gasteiger partial charge in [-0.2, -0.15) is 0 Å². The summed E-state index contributed by atoms with van der Waals surface area (Å²) in [5.74, 6) is 1.07. The molecule has 4 nitrogen and oxygen atoms in total. The van der Waals surface area contributed by atoms with Crippen LogP contribution in [-0.2, 0) is 18.3 Å². The predicted octanol–water partition coefficient (Wildman–Crippen LogP) is 1.06. The molecule has 1 aromatic heterocycles. The lowest BCUT2D eigenvalue weighted by Crippen LogP contribution is -2.32. The highest BCUT2D eigenvalue weighted by Crippen LogP contribution is 2.17. The molecule has 1 saturated carbocycles. The Morgan fingerprint density at radius 3 is 2.94 bits per heavy atom. The largest absolute Gasteiger partial charge is 0.338 e. The molecule has 88 valence electrons. The molecule has 1 N–H and O–H groups in total. The Morgan fingerprint density at radius 2 is 2.31 bits per heavy atom. The minimum Gasteiger partial charge on any atom is -0.338 e. The molecule has 0 amide bonds. The van der Waals surface area contributed by atoms with Crippen molar-refractivity contribution < 1.29 is 4.79 Å². The van der Waals surface area contributed by atoms with Gasteiger partial charge >= 0.3 is 0 Å². The van der Waals surface area contributed by atoms with E-state index in [4.69, 9.17) is 0 Å². The molecule has 0 aliphatic heterocycles. The molecule has 0 atom stereocenters. The third-order valence-corrected chi connectivity index (χ3v) is 3.22. The second kappa shape index (κ2) is 5.25. The Hall–Kier alpha value is -1.16. The van der Waals surface area contributed by atoms with Crippen molar-refractivity contribution in [3.8, 4) is 0 Å². The van der Waals surface area contributed by atoms with Crippen LogP contribution in [0.1, 0.15) is 31.5 Å². The van der Waals surface area contributed by atoms with E-state index in [9.17, 15) is 4.79 Å². The lowest BCUT2D eigenvalue weighted by molar-refractivity contribution is -0.117. The molecular formula is C12H19N3O. The molecule has 0 saturated heterocycles. The van der Waals surface area contributed by atoms with Gasteiger partial charge in [-0.25, -0.2) is 4.98 Å². The Bertz CT molecular complexity index is 353. The maximum absolute atomic E-state index is 11.7. The first kappa shape index (κ1) is 11.3. The Morgan fingerprint density at radius 1 is 1.56 bits per heavy atom. The van der Waals surface area contributed by atoms with Crippen LogP contribution in [0.2, 0.25) is 0 Å². The van der Waals surface area contributed by atoms with Crippen molar-refractivity contribution >= 4 is 5.78 Å². The number of Topliss-reactive ketones (excluding diaryl/α,β-unsaturated/α-hetero) is 1. The number of hydrogen-bond acceptors (Lipinski definition) is 3. The number of hydrogen-bond donors (Lipinski definition) is 1. The summed E-state index contributed by atoms with van der Waals surface area (Å²) in [6, 6.07) is 0.560. The maximum Gasteiger partial charge on any atom is 0.154 e. The van der Waals surface area contributed by atoms with Crippen molar-refractivity contribution in [2.24, 2.45) is 7.05 Å². The van der Waals surface area contributed by atoms with Crippen LogP contribution >= 0.6 is 0 Å². The number of aryl methyl sites for hydroxylation is 1. The zero-order valence-electron chi connectivity index (χ0n) is 9.78. The molecule has 1 aliphatic carbocycles. The van der Waals surface area contributed by atoms with Gasteiger partial charge in [-0.1, -0.05) is 12.8 Å². The van der Waals surface area contributed by atoms with Gasteiger partial charge in [0.1, 0.15) is 5.82 Å². The molecule has 16 heavy (non-hydrogen) atoms. The van der Waals surface area contributed by atoms with Crippen LogP contribution in [0.15, 0.2) is 12.4 Å². The highest BCUT2D eigenvalue weighted by molar-refractivity contribution is 5.82. The van der Waals surface area contributed by atoms with Crippen molar-refractivity contribution in [2.75, 3.05) is 6.54 Å². The summed E-state index contributed by atoms with van der Waals surface area (Å²) in [6.07, 6.45) is 9.06. The van der Waals surface area contributed by atoms with Gasteiger partial charge in [0, 0.05) is 25.5 Å². The lowest BCUT2D eigenvalue weighted by Gasteiger charge is -2.10. The summed E-state index contributed by atoms with van der Waals surface area (Å²) in [7, 11) is 1.92. The number of nitrogens with one attached hydrogen (secondary N) is 1. The molecule has 1 fully saturated rings. The van der Waals surface area contributed by atoms with E-state index in [-0.39, 0.29) is 5.78 Å². The third kappa shape index (κ3) is 2.92. The van der Waals surface area contributed by atoms with Crippen molar-refractivity contribution in [3.05, 3.63) is 18.2 Å². The van der Waals surface area contributed by atoms with Crippen LogP contribution in [0, 0.1) is 0 Å². The average molecular weight is 221 g/mol. The van der Waals surface area contributed by atoms with Gasteiger partial charge in [-0.3, -0.25) is 4.79 Å². The second-order valence-corrected chi connectivity index (χ2v) is 4.53. The van der Waals surface area contributed by atoms with E-state index in [0.29, 0.717) is 19.0 Å². The molecule has 4 heteroatoms. The zero-order chi connectivity index (χ0) is 11.4. The Labute approximate surface area is 96.1 Å². The maximum atomic E-state index is 11.7. The molecule has 1 aliphatic rings. The second-order valence-electron chi connectivity index (χ2n) is 4.53. The summed E-state index contributed by atoms with van der Waals surface area (Å²) in [6.45, 7) is 0.484. The standard InChI is InChI=1S/C12H19N3O/c1-15-7-6-13-12(15)8-11(16)9-14-10-4-2-3-5-10/h6-7,10,14H,2-5,8-9H2,1H3. The van der Waals surface area contributed by atoms with E-state index in [0.717, 1.165) is 5.82 Å². The number of rotatable bonds is 5. The molecule has 0 aromatic carbocycles. The summed E-state index contributed by atoms with van der Waals surface area (Å²) in [4.78, 5) is 15.9. The monoisotopic (exact) mass is 221 g/mol. The summed E-state index contributed by atoms with van der Waals surface area (Å²) < 4.78 is 1.90. The Balaban J connectivity index is 1.74. The average Bonchev–Trinajstić information content (AvgIpc) is 2.88. The van der Waals surface area contributed by atoms with Gasteiger partial charge < -0.3 is 9.88 Å². The SMILES string of the molecule is Cn1ccnc1CC(=O)CNC1CCCC1. The van der Waals surface area contributed by atoms with E-state index in [1.807, 2.05) is 17.8 Å². The van der Waals surface area contributed by atoms with Gasteiger partial charge in [-0.15, -0.1) is 0 Å². The summed E-state index contributed by atoms with van der Waals surface area (Å²) in [5.41, 5.74) is 0. The number of carbonyl (C=O) groups is 1. The van der Waals surface area contributed by atoms with E-state index in [1.165, 1.54) is 25.7 Å². The van der Waals surface area contributed by atoms with Crippen molar-refractivity contribution in [2.45, 2.75) is 38.1 Å². The molecule has 0 radical (unpaired) electrons. The van der Waals surface area contributed by atoms with Crippen LogP contribution < -0.4 is 5.32 Å². The first-order valence-corrected chi connectivity index (χ1v) is 5.97. The van der Waals surface area contributed by atoms with Crippen molar-refractivity contribution in [1.29, 1.82) is 0 Å². The third-order valence-electron chi connectivity index (χ3n) is 3.22. The van der Waals surface area contributed by atoms with Gasteiger partial charge in [0.25, 0.3) is 0 Å². The number of carbonyl (C=O) groups excluding carboxylic acids is 1. The van der Waals surface area contributed by atoms with Gasteiger partial charge in [0.15, 0.2) is 5.78 Å². The normalized spacial score (nSPS) is 16.8. The molecular weight excluding hydrogens is 202 g/mol. The molecule has 0 spiro atoms. The van der Waals surface area contributed by atoms with E-state index >= 15 is 0 Å². The fourth-order valence-electron chi connectivity index (χ4n) is 2.19. The fraction of sp³-hybridized carbons (Fsp3) is 0.667. The first-order valence-electron chi connectivity index (χ1n) is 5.97. The van der Waals surface area contributed by atoms with Crippen LogP contribution in [-0.4, -0.2) is 27.9 Å². The molecule has 2 rings (SSSR count). The summed E-state index contributed by atoms with van der Waals surface area (Å²) >= 11 is 0. The van der Waals surface area contributed by atoms with E-state index < -0.39 is 0 Å². The van der Waals surface area contributed by atoms with Crippen LogP contribution in [0.4, 0.5) is 0 Å². The van der Waals surface area contributed by atoms with Crippen LogP contribution in [0.3, 0.4) is 0 Å². The van der Waals surface area contributed by atoms with Gasteiger partial charge in [0.2, 0.25) is 0 Å². The molecule has 1 aromatic rings. The summed E-state index contributed by atoms with van der Waals surface area (Å²) in [5, 5.41) is 3.33. The number of ketones is 1. The fourth-order valence-corrected chi connectivity index (χ4v) is 2.19. The quantitative estimate of drug-likeness (QED) is 0.809. The smallest absolute Gasteiger partial charge is 0.154 e. The van der Waals surface area contributed by atoms with Crippen molar-refractivity contribution in [1.82, 2.24) is 14.9 Å². The molecule has 0 unspecified atom stereocenters. The Kier molecular flexibility index (Phi) is 3.72. The number of aromatic nitrogens is 2. The number of imidazole rings is 1. The van der Waals surface area contributed by atoms with Crippen molar-refractivity contribution in [3.63, 3.8) is 0 Å². The topological polar surface area (TPSA) is 46.9 Å². The van der Waals surface area contributed by atoms with Gasteiger partial charge in [-0.05, 0) is 12.8 Å². The number of nitrogens with zero attached hydrogens (tertiary/aromatic N) is 2. The molecule has 0 bridgehead atoms. The van der Waals surface area contributed by atoms with E-state index in [1.54, 1.807) is 6.20 Å². The zero-order valence-corrected chi connectivity index (χ0v) is 9.78. The first-order chi connectivity index (χ1) is 7.75. The van der Waals surface area contributed by atoms with Gasteiger partial charge in [0.05, 0.1) is 13.0 Å². The minimum absolute atomic E-state index is 0.223. The van der Waals surface area contributed by atoms with E-state index in [2.05, 4.69) is 10.3 Å². The lowest BCUT2D eigenvalue weighted by atomic mass is 10.2. The van der Waals surface area contributed by atoms with Crippen LogP contribution in [0.25, 0.3) is 0 Å². The highest BCUT2D eigenvalue weighted by Gasteiger charge is 2.15.